The van der Waals surface area contributed by atoms with Gasteiger partial charge in [-0.05, 0) is 37.1 Å². The second-order valence-corrected chi connectivity index (χ2v) is 9.08. The fourth-order valence-electron chi connectivity index (χ4n) is 2.95. The summed E-state index contributed by atoms with van der Waals surface area (Å²) in [6.07, 6.45) is 3.71. The molecule has 2 amide bonds. The van der Waals surface area contributed by atoms with Crippen LogP contribution in [0, 0.1) is 19.7 Å². The molecule has 10 heteroatoms. The summed E-state index contributed by atoms with van der Waals surface area (Å²) in [5.74, 6) is -0.292. The number of furan rings is 1. The van der Waals surface area contributed by atoms with Crippen molar-refractivity contribution in [1.82, 2.24) is 9.97 Å². The van der Waals surface area contributed by atoms with Gasteiger partial charge in [-0.25, -0.2) is 14.4 Å². The number of rotatable bonds is 7. The Morgan fingerprint density at radius 3 is 2.75 bits per heavy atom. The van der Waals surface area contributed by atoms with Crippen LogP contribution < -0.4 is 10.6 Å². The van der Waals surface area contributed by atoms with Crippen molar-refractivity contribution in [2.75, 3.05) is 10.6 Å². The molecule has 0 spiro atoms. The van der Waals surface area contributed by atoms with E-state index in [9.17, 15) is 14.0 Å². The third-order valence-corrected chi connectivity index (χ3v) is 6.35. The molecule has 0 saturated carbocycles. The number of carbonyl (C=O) groups is 2. The first kappa shape index (κ1) is 21.8. The van der Waals surface area contributed by atoms with Gasteiger partial charge in [-0.3, -0.25) is 14.9 Å². The van der Waals surface area contributed by atoms with Crippen LogP contribution in [-0.4, -0.2) is 21.8 Å². The molecule has 0 saturated heterocycles. The first-order valence-corrected chi connectivity index (χ1v) is 11.4. The van der Waals surface area contributed by atoms with Crippen LogP contribution in [0.15, 0.2) is 46.5 Å². The number of thiazole rings is 2. The van der Waals surface area contributed by atoms with Crippen LogP contribution in [0.3, 0.4) is 0 Å². The monoisotopic (exact) mass is 470 g/mol. The molecule has 0 radical (unpaired) electrons. The number of benzene rings is 1. The topological polar surface area (TPSA) is 97.1 Å². The van der Waals surface area contributed by atoms with E-state index in [0.29, 0.717) is 39.3 Å². The van der Waals surface area contributed by atoms with Gasteiger partial charge in [0.2, 0.25) is 5.91 Å². The fraction of sp³-hybridized carbons (Fsp3) is 0.182. The number of aryl methyl sites for hydroxylation is 2. The van der Waals surface area contributed by atoms with E-state index in [1.165, 1.54) is 35.0 Å². The molecule has 0 bridgehead atoms. The summed E-state index contributed by atoms with van der Waals surface area (Å²) in [4.78, 5) is 34.0. The Morgan fingerprint density at radius 1 is 1.16 bits per heavy atom. The van der Waals surface area contributed by atoms with Gasteiger partial charge in [0, 0.05) is 22.9 Å². The molecule has 3 aromatic heterocycles. The van der Waals surface area contributed by atoms with E-state index in [1.54, 1.807) is 37.6 Å². The van der Waals surface area contributed by atoms with Gasteiger partial charge in [-0.15, -0.1) is 22.7 Å². The zero-order valence-electron chi connectivity index (χ0n) is 17.3. The van der Waals surface area contributed by atoms with Gasteiger partial charge in [0.25, 0.3) is 5.91 Å². The first-order chi connectivity index (χ1) is 15.4. The third kappa shape index (κ3) is 5.27. The number of halogens is 1. The summed E-state index contributed by atoms with van der Waals surface area (Å²) in [7, 11) is 0. The minimum atomic E-state index is -0.314. The van der Waals surface area contributed by atoms with Crippen molar-refractivity contribution in [3.63, 3.8) is 0 Å². The quantitative estimate of drug-likeness (QED) is 0.397. The van der Waals surface area contributed by atoms with Gasteiger partial charge in [-0.1, -0.05) is 12.1 Å². The molecule has 0 unspecified atom stereocenters. The fourth-order valence-corrected chi connectivity index (χ4v) is 4.52. The zero-order chi connectivity index (χ0) is 22.7. The van der Waals surface area contributed by atoms with Gasteiger partial charge in [0.05, 0.1) is 23.9 Å². The number of nitrogens with zero attached hydrogens (tertiary/aromatic N) is 2. The lowest BCUT2D eigenvalue weighted by molar-refractivity contribution is -0.115. The summed E-state index contributed by atoms with van der Waals surface area (Å²) in [5, 5.41) is 8.05. The maximum Gasteiger partial charge on any atom is 0.260 e. The average molecular weight is 471 g/mol. The number of aromatic nitrogens is 2. The number of anilines is 2. The lowest BCUT2D eigenvalue weighted by Gasteiger charge is -2.01. The van der Waals surface area contributed by atoms with Crippen LogP contribution in [0.25, 0.3) is 0 Å². The molecule has 0 atom stereocenters. The molecule has 0 fully saturated rings. The first-order valence-electron chi connectivity index (χ1n) is 9.67. The molecule has 164 valence electrons. The van der Waals surface area contributed by atoms with Crippen LogP contribution in [0.5, 0.6) is 0 Å². The number of carbonyl (C=O) groups excluding carboxylic acids is 2. The highest BCUT2D eigenvalue weighted by atomic mass is 32.1. The van der Waals surface area contributed by atoms with Crippen molar-refractivity contribution in [2.24, 2.45) is 0 Å². The SMILES string of the molecule is Cc1ccc(Cc2cnc(NC(=O)Cc3csc(NC(=O)c4ccoc4C)n3)s2)cc1F. The second kappa shape index (κ2) is 9.41. The van der Waals surface area contributed by atoms with Gasteiger partial charge in [-0.2, -0.15) is 0 Å². The van der Waals surface area contributed by atoms with Crippen LogP contribution in [0.4, 0.5) is 14.7 Å². The normalized spacial score (nSPS) is 10.8. The van der Waals surface area contributed by atoms with Crippen molar-refractivity contribution < 1.29 is 18.4 Å². The Bertz CT molecular complexity index is 1280. The molecule has 2 N–H and O–H groups in total. The van der Waals surface area contributed by atoms with Gasteiger partial charge < -0.3 is 9.73 Å². The average Bonchev–Trinajstić information content (AvgIpc) is 3.47. The predicted molar refractivity (Wildman–Crippen MR) is 122 cm³/mol. The third-order valence-electron chi connectivity index (χ3n) is 4.63. The highest BCUT2D eigenvalue weighted by Crippen LogP contribution is 2.23. The van der Waals surface area contributed by atoms with E-state index >= 15 is 0 Å². The van der Waals surface area contributed by atoms with E-state index in [1.807, 2.05) is 6.07 Å². The molecule has 1 aromatic carbocycles. The number of hydrogen-bond donors (Lipinski definition) is 2. The molecule has 3 heterocycles. The van der Waals surface area contributed by atoms with Gasteiger partial charge >= 0.3 is 0 Å². The van der Waals surface area contributed by atoms with Gasteiger partial charge in [0.15, 0.2) is 10.3 Å². The van der Waals surface area contributed by atoms with Crippen molar-refractivity contribution in [2.45, 2.75) is 26.7 Å². The van der Waals surface area contributed by atoms with Crippen molar-refractivity contribution in [3.8, 4) is 0 Å². The standard InChI is InChI=1S/C22H19FN4O3S2/c1-12-3-4-14(8-18(12)23)7-16-10-24-21(32-16)26-19(28)9-15-11-31-22(25-15)27-20(29)17-5-6-30-13(17)2/h3-6,8,10-11H,7,9H2,1-2H3,(H,24,26,28)(H,25,27,29). The molecule has 32 heavy (non-hydrogen) atoms. The number of amides is 2. The van der Waals surface area contributed by atoms with E-state index in [-0.39, 0.29) is 24.1 Å². The zero-order valence-corrected chi connectivity index (χ0v) is 18.9. The Hall–Kier alpha value is -3.37. The number of nitrogens with one attached hydrogen (secondary N) is 2. The van der Waals surface area contributed by atoms with E-state index in [4.69, 9.17) is 4.42 Å². The summed E-state index contributed by atoms with van der Waals surface area (Å²) < 4.78 is 18.9. The van der Waals surface area contributed by atoms with Crippen LogP contribution in [0.1, 0.15) is 37.8 Å². The molecular formula is C22H19FN4O3S2. The van der Waals surface area contributed by atoms with Crippen LogP contribution >= 0.6 is 22.7 Å². The highest BCUT2D eigenvalue weighted by molar-refractivity contribution is 7.15. The summed E-state index contributed by atoms with van der Waals surface area (Å²) in [6, 6.07) is 6.72. The van der Waals surface area contributed by atoms with Crippen LogP contribution in [-0.2, 0) is 17.6 Å². The van der Waals surface area contributed by atoms with Crippen LogP contribution in [0.2, 0.25) is 0 Å². The maximum atomic E-state index is 13.7. The summed E-state index contributed by atoms with van der Waals surface area (Å²) in [6.45, 7) is 3.43. The van der Waals surface area contributed by atoms with Gasteiger partial charge in [0.1, 0.15) is 11.6 Å². The Labute approximate surface area is 191 Å². The predicted octanol–water partition coefficient (Wildman–Crippen LogP) is 4.97. The maximum absolute atomic E-state index is 13.7. The Balaban J connectivity index is 1.31. The van der Waals surface area contributed by atoms with E-state index in [2.05, 4.69) is 20.6 Å². The molecule has 7 nitrogen and oxygen atoms in total. The van der Waals surface area contributed by atoms with Crippen molar-refractivity contribution in [3.05, 3.63) is 80.9 Å². The molecule has 0 aliphatic carbocycles. The second-order valence-electron chi connectivity index (χ2n) is 7.11. The van der Waals surface area contributed by atoms with E-state index < -0.39 is 0 Å². The molecule has 0 aliphatic heterocycles. The molecule has 4 aromatic rings. The summed E-state index contributed by atoms with van der Waals surface area (Å²) >= 11 is 2.58. The Morgan fingerprint density at radius 2 is 2.00 bits per heavy atom. The minimum absolute atomic E-state index is 0.0508. The minimum Gasteiger partial charge on any atom is -0.469 e. The number of hydrogen-bond acceptors (Lipinski definition) is 7. The highest BCUT2D eigenvalue weighted by Gasteiger charge is 2.15. The lowest BCUT2D eigenvalue weighted by atomic mass is 10.1. The smallest absolute Gasteiger partial charge is 0.260 e. The van der Waals surface area contributed by atoms with Crippen molar-refractivity contribution >= 4 is 44.8 Å². The molecule has 0 aliphatic rings. The van der Waals surface area contributed by atoms with E-state index in [0.717, 1.165) is 10.4 Å². The molecule has 4 rings (SSSR count). The Kier molecular flexibility index (Phi) is 6.42. The molecular weight excluding hydrogens is 451 g/mol. The largest absolute Gasteiger partial charge is 0.469 e. The summed E-state index contributed by atoms with van der Waals surface area (Å²) in [5.41, 5.74) is 2.43. The van der Waals surface area contributed by atoms with Crippen molar-refractivity contribution in [1.29, 1.82) is 0 Å². The lowest BCUT2D eigenvalue weighted by Crippen LogP contribution is -2.15.